The van der Waals surface area contributed by atoms with Crippen molar-refractivity contribution in [2.24, 2.45) is 5.41 Å². The van der Waals surface area contributed by atoms with Gasteiger partial charge in [-0.1, -0.05) is 6.07 Å². The zero-order chi connectivity index (χ0) is 18.9. The molecule has 0 radical (unpaired) electrons. The highest BCUT2D eigenvalue weighted by atomic mass is 16.2. The first-order valence-corrected chi connectivity index (χ1v) is 10.2. The van der Waals surface area contributed by atoms with E-state index in [1.54, 1.807) is 0 Å². The predicted molar refractivity (Wildman–Crippen MR) is 108 cm³/mol. The van der Waals surface area contributed by atoms with Crippen LogP contribution in [0.5, 0.6) is 0 Å². The Hall–Kier alpha value is -1.92. The quantitative estimate of drug-likeness (QED) is 0.607. The molecule has 6 heteroatoms. The number of nitrogens with zero attached hydrogens (tertiary/aromatic N) is 1. The molecule has 1 spiro atoms. The summed E-state index contributed by atoms with van der Waals surface area (Å²) in [7, 11) is 0. The summed E-state index contributed by atoms with van der Waals surface area (Å²) in [5.74, 6) is 1.15. The highest BCUT2D eigenvalue weighted by Gasteiger charge is 2.41. The van der Waals surface area contributed by atoms with Crippen molar-refractivity contribution in [1.29, 1.82) is 0 Å². The molecule has 3 heterocycles. The summed E-state index contributed by atoms with van der Waals surface area (Å²) in [6, 6.07) is 4.20. The van der Waals surface area contributed by atoms with E-state index in [0.29, 0.717) is 12.0 Å². The third-order valence-corrected chi connectivity index (χ3v) is 6.46. The van der Waals surface area contributed by atoms with Crippen LogP contribution in [0.2, 0.25) is 0 Å². The fourth-order valence-corrected chi connectivity index (χ4v) is 4.51. The Labute approximate surface area is 160 Å². The number of aromatic amines is 1. The maximum Gasteiger partial charge on any atom is 0.237 e. The van der Waals surface area contributed by atoms with Gasteiger partial charge in [0.2, 0.25) is 5.91 Å². The predicted octanol–water partition coefficient (Wildman–Crippen LogP) is 1.96. The number of rotatable bonds is 5. The van der Waals surface area contributed by atoms with E-state index >= 15 is 0 Å². The molecule has 27 heavy (non-hydrogen) atoms. The van der Waals surface area contributed by atoms with E-state index < -0.39 is 0 Å². The molecule has 4 rings (SSSR count). The fourth-order valence-electron chi connectivity index (χ4n) is 4.51. The lowest BCUT2D eigenvalue weighted by molar-refractivity contribution is -0.123. The molecule has 2 aliphatic heterocycles. The van der Waals surface area contributed by atoms with Crippen LogP contribution in [0, 0.1) is 19.3 Å². The van der Waals surface area contributed by atoms with Crippen molar-refractivity contribution in [2.45, 2.75) is 52.0 Å². The molecule has 2 aliphatic rings. The average Bonchev–Trinajstić information content (AvgIpc) is 3.27. The second-order valence-corrected chi connectivity index (χ2v) is 8.37. The van der Waals surface area contributed by atoms with Crippen molar-refractivity contribution in [3.8, 4) is 0 Å². The molecule has 2 fully saturated rings. The van der Waals surface area contributed by atoms with E-state index in [0.717, 1.165) is 55.8 Å². The normalized spacial score (nSPS) is 21.8. The van der Waals surface area contributed by atoms with E-state index in [2.05, 4.69) is 46.9 Å². The van der Waals surface area contributed by atoms with Gasteiger partial charge in [0, 0.05) is 19.5 Å². The number of hydrogen-bond acceptors (Lipinski definition) is 4. The number of hydrogen-bond donors (Lipinski definition) is 4. The summed E-state index contributed by atoms with van der Waals surface area (Å²) in [6.07, 6.45) is 5.07. The number of nitrogens with one attached hydrogen (secondary N) is 4. The Morgan fingerprint density at radius 2 is 2.11 bits per heavy atom. The van der Waals surface area contributed by atoms with Gasteiger partial charge in [-0.15, -0.1) is 0 Å². The maximum absolute atomic E-state index is 12.5. The molecule has 2 aromatic rings. The van der Waals surface area contributed by atoms with Gasteiger partial charge < -0.3 is 20.9 Å². The number of H-pyrrole nitrogens is 1. The summed E-state index contributed by atoms with van der Waals surface area (Å²) in [4.78, 5) is 20.6. The first-order chi connectivity index (χ1) is 13.1. The molecular weight excluding hydrogens is 338 g/mol. The van der Waals surface area contributed by atoms with Gasteiger partial charge in [-0.2, -0.15) is 0 Å². The van der Waals surface area contributed by atoms with Crippen molar-refractivity contribution in [3.63, 3.8) is 0 Å². The Bertz CT molecular complexity index is 821. The van der Waals surface area contributed by atoms with E-state index in [-0.39, 0.29) is 11.9 Å². The highest BCUT2D eigenvalue weighted by Crippen LogP contribution is 2.37. The molecule has 6 nitrogen and oxygen atoms in total. The summed E-state index contributed by atoms with van der Waals surface area (Å²) in [5.41, 5.74) is 5.00. The van der Waals surface area contributed by atoms with Gasteiger partial charge >= 0.3 is 0 Å². The first kappa shape index (κ1) is 18.4. The zero-order valence-corrected chi connectivity index (χ0v) is 16.5. The van der Waals surface area contributed by atoms with E-state index in [4.69, 9.17) is 4.98 Å². The molecule has 1 aromatic carbocycles. The minimum absolute atomic E-state index is 0.0278. The number of imidazole rings is 1. The molecule has 1 atom stereocenters. The van der Waals surface area contributed by atoms with Gasteiger partial charge in [0.1, 0.15) is 5.82 Å². The Balaban J connectivity index is 1.24. The third kappa shape index (κ3) is 3.87. The van der Waals surface area contributed by atoms with Crippen LogP contribution in [-0.4, -0.2) is 48.1 Å². The van der Waals surface area contributed by atoms with Crippen LogP contribution in [0.4, 0.5) is 0 Å². The number of piperidine rings is 1. The molecule has 0 bridgehead atoms. The Kier molecular flexibility index (Phi) is 5.19. The van der Waals surface area contributed by atoms with Crippen molar-refractivity contribution in [2.75, 3.05) is 26.2 Å². The lowest BCUT2D eigenvalue weighted by Crippen LogP contribution is -2.40. The lowest BCUT2D eigenvalue weighted by atomic mass is 9.77. The zero-order valence-electron chi connectivity index (χ0n) is 16.5. The molecule has 1 amide bonds. The third-order valence-electron chi connectivity index (χ3n) is 6.46. The van der Waals surface area contributed by atoms with Crippen LogP contribution in [0.15, 0.2) is 12.1 Å². The van der Waals surface area contributed by atoms with Crippen LogP contribution in [0.25, 0.3) is 11.0 Å². The highest BCUT2D eigenvalue weighted by molar-refractivity contribution is 5.82. The van der Waals surface area contributed by atoms with Crippen molar-refractivity contribution < 1.29 is 4.79 Å². The first-order valence-electron chi connectivity index (χ1n) is 10.2. The fraction of sp³-hybridized carbons (Fsp3) is 0.619. The number of aromatic nitrogens is 2. The van der Waals surface area contributed by atoms with Gasteiger partial charge in [0.25, 0.3) is 0 Å². The average molecular weight is 370 g/mol. The topological polar surface area (TPSA) is 81.8 Å². The molecule has 0 aliphatic carbocycles. The SMILES string of the molecule is Cc1ccc2[nH]c(CCCNC(=O)[C@@H]3CC4(CCNCC4)CN3)nc2c1C. The standard InChI is InChI=1S/C21H31N5O/c1-14-5-6-16-19(15(14)2)26-18(25-16)4-3-9-23-20(27)17-12-21(13-24-17)7-10-22-11-8-21/h5-6,17,22,24H,3-4,7-13H2,1-2H3,(H,23,27)(H,25,26)/t17-/m0/s1. The number of carbonyl (C=O) groups is 1. The van der Waals surface area contributed by atoms with Crippen molar-refractivity contribution in [3.05, 3.63) is 29.1 Å². The smallest absolute Gasteiger partial charge is 0.237 e. The van der Waals surface area contributed by atoms with E-state index in [9.17, 15) is 4.79 Å². The monoisotopic (exact) mass is 369 g/mol. The number of aryl methyl sites for hydroxylation is 3. The van der Waals surface area contributed by atoms with Gasteiger partial charge in [-0.25, -0.2) is 4.98 Å². The number of amides is 1. The second-order valence-electron chi connectivity index (χ2n) is 8.37. The lowest BCUT2D eigenvalue weighted by Gasteiger charge is -2.33. The van der Waals surface area contributed by atoms with Gasteiger partial charge in [0.15, 0.2) is 0 Å². The molecule has 146 valence electrons. The summed E-state index contributed by atoms with van der Waals surface area (Å²) >= 11 is 0. The van der Waals surface area contributed by atoms with Crippen LogP contribution in [0.1, 0.15) is 42.6 Å². The van der Waals surface area contributed by atoms with Crippen molar-refractivity contribution >= 4 is 16.9 Å². The summed E-state index contributed by atoms with van der Waals surface area (Å²) in [5, 5.41) is 9.97. The van der Waals surface area contributed by atoms with Gasteiger partial charge in [-0.05, 0) is 75.2 Å². The largest absolute Gasteiger partial charge is 0.355 e. The molecular formula is C21H31N5O. The summed E-state index contributed by atoms with van der Waals surface area (Å²) < 4.78 is 0. The van der Waals surface area contributed by atoms with Crippen LogP contribution < -0.4 is 16.0 Å². The van der Waals surface area contributed by atoms with Gasteiger partial charge in [-0.3, -0.25) is 4.79 Å². The number of carbonyl (C=O) groups excluding carboxylic acids is 1. The maximum atomic E-state index is 12.5. The second kappa shape index (κ2) is 7.60. The van der Waals surface area contributed by atoms with Gasteiger partial charge in [0.05, 0.1) is 17.1 Å². The van der Waals surface area contributed by atoms with Crippen molar-refractivity contribution in [1.82, 2.24) is 25.9 Å². The van der Waals surface area contributed by atoms with E-state index in [1.165, 1.54) is 24.0 Å². The number of benzene rings is 1. The minimum atomic E-state index is -0.0278. The molecule has 0 unspecified atom stereocenters. The minimum Gasteiger partial charge on any atom is -0.355 e. The van der Waals surface area contributed by atoms with E-state index in [1.807, 2.05) is 0 Å². The summed E-state index contributed by atoms with van der Waals surface area (Å²) in [6.45, 7) is 8.06. The Morgan fingerprint density at radius 1 is 1.30 bits per heavy atom. The molecule has 4 N–H and O–H groups in total. The van der Waals surface area contributed by atoms with Crippen LogP contribution in [0.3, 0.4) is 0 Å². The van der Waals surface area contributed by atoms with Crippen LogP contribution in [-0.2, 0) is 11.2 Å². The molecule has 2 saturated heterocycles. The number of fused-ring (bicyclic) bond motifs is 1. The molecule has 0 saturated carbocycles. The van der Waals surface area contributed by atoms with Crippen LogP contribution >= 0.6 is 0 Å². The Morgan fingerprint density at radius 3 is 2.93 bits per heavy atom. The molecule has 1 aromatic heterocycles.